The second-order valence-electron chi connectivity index (χ2n) is 8.74. The van der Waals surface area contributed by atoms with Crippen LogP contribution in [0.2, 0.25) is 0 Å². The number of nitrogens with two attached hydrogens (primary N) is 1. The number of rotatable bonds is 6. The molecule has 2 atom stereocenters. The van der Waals surface area contributed by atoms with Gasteiger partial charge in [0.2, 0.25) is 5.91 Å². The molecule has 2 unspecified atom stereocenters. The molecule has 0 spiro atoms. The smallest absolute Gasteiger partial charge is 0.378 e. The summed E-state index contributed by atoms with van der Waals surface area (Å²) in [4.78, 5) is 12.9. The molecule has 1 aromatic rings. The normalized spacial score (nSPS) is 27.2. The Morgan fingerprint density at radius 2 is 1.97 bits per heavy atom. The molecule has 2 saturated carbocycles. The summed E-state index contributed by atoms with van der Waals surface area (Å²) < 4.78 is 44.9. The van der Waals surface area contributed by atoms with Gasteiger partial charge >= 0.3 is 6.18 Å². The van der Waals surface area contributed by atoms with Crippen LogP contribution < -0.4 is 11.1 Å². The molecule has 29 heavy (non-hydrogen) atoms. The minimum absolute atomic E-state index is 0. The lowest BCUT2D eigenvalue weighted by molar-refractivity contribution is -0.171. The van der Waals surface area contributed by atoms with E-state index in [1.807, 2.05) is 20.8 Å². The maximum atomic E-state index is 13.1. The van der Waals surface area contributed by atoms with Crippen molar-refractivity contribution < 1.29 is 22.7 Å². The van der Waals surface area contributed by atoms with Gasteiger partial charge < -0.3 is 15.8 Å². The summed E-state index contributed by atoms with van der Waals surface area (Å²) in [6.07, 6.45) is -1.59. The molecule has 0 radical (unpaired) electrons. The van der Waals surface area contributed by atoms with Gasteiger partial charge in [0.25, 0.3) is 0 Å². The van der Waals surface area contributed by atoms with Crippen LogP contribution in [0.3, 0.4) is 0 Å². The van der Waals surface area contributed by atoms with Crippen molar-refractivity contribution in [3.63, 3.8) is 0 Å². The number of amides is 1. The predicted molar refractivity (Wildman–Crippen MR) is 108 cm³/mol. The Labute approximate surface area is 176 Å². The predicted octanol–water partition coefficient (Wildman–Crippen LogP) is 4.20. The van der Waals surface area contributed by atoms with Gasteiger partial charge in [0, 0.05) is 30.4 Å². The van der Waals surface area contributed by atoms with Gasteiger partial charge in [-0.2, -0.15) is 13.2 Å². The second kappa shape index (κ2) is 8.08. The first-order valence-electron chi connectivity index (χ1n) is 9.83. The first kappa shape index (κ1) is 24.0. The highest BCUT2D eigenvalue weighted by Gasteiger charge is 2.63. The average Bonchev–Trinajstić information content (AvgIpc) is 2.59. The lowest BCUT2D eigenvalue weighted by Crippen LogP contribution is -2.76. The van der Waals surface area contributed by atoms with Gasteiger partial charge in [0.15, 0.2) is 0 Å². The van der Waals surface area contributed by atoms with Crippen molar-refractivity contribution in [1.82, 2.24) is 5.32 Å². The molecule has 4 nitrogen and oxygen atoms in total. The molecule has 3 rings (SSSR count). The molecule has 0 heterocycles. The first-order chi connectivity index (χ1) is 13.0. The van der Waals surface area contributed by atoms with Gasteiger partial charge in [-0.15, -0.1) is 12.4 Å². The van der Waals surface area contributed by atoms with Crippen LogP contribution >= 0.6 is 12.4 Å². The number of carbonyl (C=O) groups is 1. The Morgan fingerprint density at radius 1 is 1.31 bits per heavy atom. The molecule has 0 saturated heterocycles. The van der Waals surface area contributed by atoms with E-state index in [0.717, 1.165) is 25.3 Å². The third kappa shape index (κ3) is 4.01. The maximum Gasteiger partial charge on any atom is 0.416 e. The summed E-state index contributed by atoms with van der Waals surface area (Å²) in [5.74, 6) is -0.258. The number of carbonyl (C=O) groups excluding carboxylic acids is 1. The number of benzene rings is 1. The molecule has 3 N–H and O–H groups in total. The van der Waals surface area contributed by atoms with Crippen LogP contribution in [0.4, 0.5) is 13.2 Å². The fourth-order valence-corrected chi connectivity index (χ4v) is 4.42. The zero-order valence-corrected chi connectivity index (χ0v) is 17.9. The van der Waals surface area contributed by atoms with E-state index in [1.165, 1.54) is 12.1 Å². The minimum Gasteiger partial charge on any atom is -0.378 e. The van der Waals surface area contributed by atoms with Crippen LogP contribution in [-0.2, 0) is 21.1 Å². The fourth-order valence-electron chi connectivity index (χ4n) is 4.42. The molecular weight excluding hydrogens is 405 g/mol. The number of nitrogens with one attached hydrogen (secondary N) is 1. The van der Waals surface area contributed by atoms with Crippen molar-refractivity contribution in [3.8, 4) is 0 Å². The summed E-state index contributed by atoms with van der Waals surface area (Å²) in [6, 6.07) is 5.44. The Bertz CT molecular complexity index is 750. The first-order valence-corrected chi connectivity index (χ1v) is 9.83. The monoisotopic (exact) mass is 434 g/mol. The minimum atomic E-state index is -4.38. The van der Waals surface area contributed by atoms with Gasteiger partial charge in [-0.3, -0.25) is 4.79 Å². The van der Waals surface area contributed by atoms with Crippen molar-refractivity contribution in [3.05, 3.63) is 35.4 Å². The quantitative estimate of drug-likeness (QED) is 0.705. The van der Waals surface area contributed by atoms with Crippen LogP contribution in [0.15, 0.2) is 24.3 Å². The number of halogens is 4. The number of ether oxygens (including phenoxy) is 1. The van der Waals surface area contributed by atoms with Crippen LogP contribution in [0.5, 0.6) is 0 Å². The van der Waals surface area contributed by atoms with E-state index in [0.29, 0.717) is 25.1 Å². The van der Waals surface area contributed by atoms with Gasteiger partial charge in [-0.05, 0) is 31.4 Å². The number of hydrogen-bond acceptors (Lipinski definition) is 3. The highest BCUT2D eigenvalue weighted by Crippen LogP contribution is 2.50. The molecule has 8 heteroatoms. The zero-order chi connectivity index (χ0) is 20.8. The molecular formula is C21H30ClF3N2O2. The van der Waals surface area contributed by atoms with E-state index in [4.69, 9.17) is 10.5 Å². The third-order valence-electron chi connectivity index (χ3n) is 6.94. The summed E-state index contributed by atoms with van der Waals surface area (Å²) in [7, 11) is 0. The van der Waals surface area contributed by atoms with Gasteiger partial charge in [-0.1, -0.05) is 38.5 Å². The number of alkyl halides is 3. The Balaban J connectivity index is 0.00000300. The zero-order valence-electron chi connectivity index (χ0n) is 17.1. The molecule has 0 bridgehead atoms. The van der Waals surface area contributed by atoms with E-state index in [1.54, 1.807) is 6.07 Å². The molecule has 2 aliphatic carbocycles. The standard InChI is InChI=1S/C21H29F3N2O2.ClH/c1-4-28-16-12-20(25,18(16,2)3)17(27)26-13-19(9-6-10-19)14-7-5-8-15(11-14)21(22,23)24;/h5,7-8,11,16H,4,6,9-10,12-13,25H2,1-3H3,(H,26,27);1H. The van der Waals surface area contributed by atoms with Crippen LogP contribution in [0.25, 0.3) is 0 Å². The maximum absolute atomic E-state index is 13.1. The van der Waals surface area contributed by atoms with E-state index >= 15 is 0 Å². The average molecular weight is 435 g/mol. The van der Waals surface area contributed by atoms with E-state index in [9.17, 15) is 18.0 Å². The molecule has 2 fully saturated rings. The van der Waals surface area contributed by atoms with E-state index in [-0.39, 0.29) is 24.4 Å². The van der Waals surface area contributed by atoms with Gasteiger partial charge in [-0.25, -0.2) is 0 Å². The van der Waals surface area contributed by atoms with Crippen molar-refractivity contribution in [2.24, 2.45) is 11.1 Å². The summed E-state index contributed by atoms with van der Waals surface area (Å²) in [6.45, 7) is 6.60. The third-order valence-corrected chi connectivity index (χ3v) is 6.94. The fraction of sp³-hybridized carbons (Fsp3) is 0.667. The van der Waals surface area contributed by atoms with Crippen molar-refractivity contribution in [1.29, 1.82) is 0 Å². The molecule has 0 aromatic heterocycles. The van der Waals surface area contributed by atoms with Gasteiger partial charge in [0.1, 0.15) is 5.54 Å². The largest absolute Gasteiger partial charge is 0.416 e. The van der Waals surface area contributed by atoms with Crippen LogP contribution in [0, 0.1) is 5.41 Å². The molecule has 0 aliphatic heterocycles. The summed E-state index contributed by atoms with van der Waals surface area (Å²) >= 11 is 0. The molecule has 1 aromatic carbocycles. The lowest BCUT2D eigenvalue weighted by atomic mass is 9.54. The Kier molecular flexibility index (Phi) is 6.68. The van der Waals surface area contributed by atoms with Crippen molar-refractivity contribution in [2.75, 3.05) is 13.2 Å². The van der Waals surface area contributed by atoms with E-state index < -0.39 is 28.1 Å². The highest BCUT2D eigenvalue weighted by molar-refractivity contribution is 5.89. The van der Waals surface area contributed by atoms with Crippen molar-refractivity contribution in [2.45, 2.75) is 69.7 Å². The van der Waals surface area contributed by atoms with Crippen molar-refractivity contribution >= 4 is 18.3 Å². The molecule has 164 valence electrons. The SMILES string of the molecule is CCOC1CC(N)(C(=O)NCC2(c3cccc(C(F)(F)F)c3)CCC2)C1(C)C.Cl. The lowest BCUT2D eigenvalue weighted by Gasteiger charge is -2.58. The summed E-state index contributed by atoms with van der Waals surface area (Å²) in [5, 5.41) is 2.94. The van der Waals surface area contributed by atoms with E-state index in [2.05, 4.69) is 5.32 Å². The van der Waals surface area contributed by atoms with Crippen LogP contribution in [0.1, 0.15) is 57.6 Å². The Hall–Kier alpha value is -1.31. The summed E-state index contributed by atoms with van der Waals surface area (Å²) in [5.41, 5.74) is 4.38. The van der Waals surface area contributed by atoms with Crippen LogP contribution in [-0.4, -0.2) is 30.7 Å². The molecule has 1 amide bonds. The number of hydrogen-bond donors (Lipinski definition) is 2. The van der Waals surface area contributed by atoms with Gasteiger partial charge in [0.05, 0.1) is 11.7 Å². The second-order valence-corrected chi connectivity index (χ2v) is 8.74. The highest BCUT2D eigenvalue weighted by atomic mass is 35.5. The topological polar surface area (TPSA) is 64.3 Å². The molecule has 2 aliphatic rings. The Morgan fingerprint density at radius 3 is 2.45 bits per heavy atom.